The monoisotopic (exact) mass is 441 g/mol. The van der Waals surface area contributed by atoms with E-state index >= 15 is 0 Å². The van der Waals surface area contributed by atoms with Gasteiger partial charge in [-0.2, -0.15) is 13.2 Å². The zero-order chi connectivity index (χ0) is 15.6. The molecule has 112 valence electrons. The summed E-state index contributed by atoms with van der Waals surface area (Å²) in [5.41, 5.74) is 0.455. The zero-order valence-corrected chi connectivity index (χ0v) is 14.4. The van der Waals surface area contributed by atoms with E-state index < -0.39 is 11.7 Å². The summed E-state index contributed by atoms with van der Waals surface area (Å²) < 4.78 is 39.3. The minimum absolute atomic E-state index is 0.0148. The van der Waals surface area contributed by atoms with Crippen molar-refractivity contribution in [2.24, 2.45) is 0 Å². The number of alkyl halides is 3. The molecule has 0 aliphatic carbocycles. The van der Waals surface area contributed by atoms with Gasteiger partial charge in [-0.25, -0.2) is 0 Å². The fourth-order valence-electron chi connectivity index (χ4n) is 1.73. The van der Waals surface area contributed by atoms with Gasteiger partial charge in [-0.1, -0.05) is 43.5 Å². The minimum atomic E-state index is -4.40. The average Bonchev–Trinajstić information content (AvgIpc) is 2.40. The number of hydrogen-bond donors (Lipinski definition) is 1. The van der Waals surface area contributed by atoms with Crippen LogP contribution in [0.25, 0.3) is 0 Å². The van der Waals surface area contributed by atoms with Crippen molar-refractivity contribution < 1.29 is 13.2 Å². The minimum Gasteiger partial charge on any atom is -0.381 e. The Balaban J connectivity index is 2.19. The van der Waals surface area contributed by atoms with Gasteiger partial charge in [-0.05, 0) is 42.0 Å². The first-order valence-corrected chi connectivity index (χ1v) is 7.78. The number of rotatable bonds is 3. The van der Waals surface area contributed by atoms with E-state index in [0.29, 0.717) is 17.3 Å². The van der Waals surface area contributed by atoms with Crippen LogP contribution in [0.3, 0.4) is 0 Å². The molecule has 0 saturated carbocycles. The molecule has 21 heavy (non-hydrogen) atoms. The average molecular weight is 443 g/mol. The Morgan fingerprint density at radius 2 is 1.76 bits per heavy atom. The van der Waals surface area contributed by atoms with Crippen LogP contribution >= 0.6 is 43.5 Å². The molecule has 0 unspecified atom stereocenters. The molecule has 0 fully saturated rings. The van der Waals surface area contributed by atoms with Gasteiger partial charge in [0.05, 0.1) is 5.56 Å². The standard InChI is InChI=1S/C14H9Br2ClF3N/c15-9-1-4-13(17)8(5-9)7-21-10-2-3-12(16)11(6-10)14(18,19)20/h1-6,21H,7H2. The SMILES string of the molecule is FC(F)(F)c1cc(NCc2cc(Br)ccc2Cl)ccc1Br. The van der Waals surface area contributed by atoms with Crippen molar-refractivity contribution in [3.63, 3.8) is 0 Å². The predicted molar refractivity (Wildman–Crippen MR) is 85.6 cm³/mol. The Labute approximate surface area is 141 Å². The van der Waals surface area contributed by atoms with Crippen LogP contribution in [0.5, 0.6) is 0 Å². The second kappa shape index (κ2) is 6.58. The molecule has 0 atom stereocenters. The van der Waals surface area contributed by atoms with Crippen LogP contribution in [0.4, 0.5) is 18.9 Å². The Hall–Kier alpha value is -0.720. The van der Waals surface area contributed by atoms with Crippen molar-refractivity contribution in [2.45, 2.75) is 12.7 Å². The molecule has 0 bridgehead atoms. The highest BCUT2D eigenvalue weighted by Crippen LogP contribution is 2.36. The third-order valence-electron chi connectivity index (χ3n) is 2.76. The third kappa shape index (κ3) is 4.37. The normalized spacial score (nSPS) is 11.5. The lowest BCUT2D eigenvalue weighted by atomic mass is 10.1. The molecule has 1 N–H and O–H groups in total. The molecule has 1 nitrogen and oxygen atoms in total. The molecule has 2 rings (SSSR count). The molecule has 0 spiro atoms. The van der Waals surface area contributed by atoms with E-state index in [-0.39, 0.29) is 4.47 Å². The maximum atomic E-state index is 12.8. The summed E-state index contributed by atoms with van der Waals surface area (Å²) in [6.07, 6.45) is -4.40. The van der Waals surface area contributed by atoms with Gasteiger partial charge in [-0.15, -0.1) is 0 Å². The molecular formula is C14H9Br2ClF3N. The highest BCUT2D eigenvalue weighted by Gasteiger charge is 2.33. The van der Waals surface area contributed by atoms with E-state index in [0.717, 1.165) is 16.1 Å². The van der Waals surface area contributed by atoms with Gasteiger partial charge in [0.1, 0.15) is 0 Å². The van der Waals surface area contributed by atoms with Crippen LogP contribution in [0.2, 0.25) is 5.02 Å². The molecule has 0 aliphatic rings. The van der Waals surface area contributed by atoms with Crippen LogP contribution in [0.15, 0.2) is 45.3 Å². The number of halogens is 6. The molecule has 0 heterocycles. The van der Waals surface area contributed by atoms with Crippen LogP contribution in [-0.2, 0) is 12.7 Å². The van der Waals surface area contributed by atoms with Crippen molar-refractivity contribution in [3.8, 4) is 0 Å². The number of anilines is 1. The maximum absolute atomic E-state index is 12.8. The summed E-state index contributed by atoms with van der Waals surface area (Å²) in [5.74, 6) is 0. The zero-order valence-electron chi connectivity index (χ0n) is 10.4. The Bertz CT molecular complexity index is 659. The van der Waals surface area contributed by atoms with Crippen molar-refractivity contribution >= 4 is 49.1 Å². The second-order valence-corrected chi connectivity index (χ2v) is 6.46. The molecule has 0 radical (unpaired) electrons. The summed E-state index contributed by atoms with van der Waals surface area (Å²) in [7, 11) is 0. The van der Waals surface area contributed by atoms with Crippen molar-refractivity contribution in [1.82, 2.24) is 0 Å². The molecule has 2 aromatic rings. The molecular weight excluding hydrogens is 434 g/mol. The maximum Gasteiger partial charge on any atom is 0.417 e. The molecule has 7 heteroatoms. The van der Waals surface area contributed by atoms with Crippen LogP contribution in [-0.4, -0.2) is 0 Å². The third-order valence-corrected chi connectivity index (χ3v) is 4.32. The first-order chi connectivity index (χ1) is 9.77. The topological polar surface area (TPSA) is 12.0 Å². The van der Waals surface area contributed by atoms with Crippen LogP contribution in [0.1, 0.15) is 11.1 Å². The first-order valence-electron chi connectivity index (χ1n) is 5.82. The lowest BCUT2D eigenvalue weighted by molar-refractivity contribution is -0.138. The summed E-state index contributed by atoms with van der Waals surface area (Å²) in [5, 5.41) is 3.50. The van der Waals surface area contributed by atoms with Gasteiger partial charge >= 0.3 is 6.18 Å². The highest BCUT2D eigenvalue weighted by atomic mass is 79.9. The van der Waals surface area contributed by atoms with E-state index in [4.69, 9.17) is 11.6 Å². The summed E-state index contributed by atoms with van der Waals surface area (Å²) in [6.45, 7) is 0.331. The van der Waals surface area contributed by atoms with Gasteiger partial charge in [0.25, 0.3) is 0 Å². The molecule has 0 aromatic heterocycles. The lowest BCUT2D eigenvalue weighted by Gasteiger charge is -2.13. The number of nitrogens with one attached hydrogen (secondary N) is 1. The number of hydrogen-bond acceptors (Lipinski definition) is 1. The second-order valence-electron chi connectivity index (χ2n) is 4.28. The summed E-state index contributed by atoms with van der Waals surface area (Å²) in [6, 6.07) is 9.35. The fourth-order valence-corrected chi connectivity index (χ4v) is 2.79. The van der Waals surface area contributed by atoms with Crippen LogP contribution in [0, 0.1) is 0 Å². The van der Waals surface area contributed by atoms with Gasteiger partial charge < -0.3 is 5.32 Å². The summed E-state index contributed by atoms with van der Waals surface area (Å²) in [4.78, 5) is 0. The lowest BCUT2D eigenvalue weighted by Crippen LogP contribution is -2.08. The Kier molecular flexibility index (Phi) is 5.22. The predicted octanol–water partition coefficient (Wildman–Crippen LogP) is 6.50. The quantitative estimate of drug-likeness (QED) is 0.571. The molecule has 0 saturated heterocycles. The van der Waals surface area contributed by atoms with Gasteiger partial charge in [0.2, 0.25) is 0 Å². The van der Waals surface area contributed by atoms with E-state index in [9.17, 15) is 13.2 Å². The highest BCUT2D eigenvalue weighted by molar-refractivity contribution is 9.10. The van der Waals surface area contributed by atoms with E-state index in [1.807, 2.05) is 6.07 Å². The van der Waals surface area contributed by atoms with Crippen LogP contribution < -0.4 is 5.32 Å². The van der Waals surface area contributed by atoms with E-state index in [2.05, 4.69) is 37.2 Å². The number of benzene rings is 2. The molecule has 2 aromatic carbocycles. The Morgan fingerprint density at radius 1 is 1.05 bits per heavy atom. The molecule has 0 aliphatic heterocycles. The van der Waals surface area contributed by atoms with Crippen molar-refractivity contribution in [1.29, 1.82) is 0 Å². The largest absolute Gasteiger partial charge is 0.417 e. The smallest absolute Gasteiger partial charge is 0.381 e. The fraction of sp³-hybridized carbons (Fsp3) is 0.143. The van der Waals surface area contributed by atoms with Crippen molar-refractivity contribution in [2.75, 3.05) is 5.32 Å². The Morgan fingerprint density at radius 3 is 2.43 bits per heavy atom. The summed E-state index contributed by atoms with van der Waals surface area (Å²) >= 11 is 12.3. The van der Waals surface area contributed by atoms with Gasteiger partial charge in [0, 0.05) is 26.2 Å². The van der Waals surface area contributed by atoms with E-state index in [1.54, 1.807) is 18.2 Å². The van der Waals surface area contributed by atoms with E-state index in [1.165, 1.54) is 6.07 Å². The first kappa shape index (κ1) is 16.6. The van der Waals surface area contributed by atoms with Gasteiger partial charge in [-0.3, -0.25) is 0 Å². The molecule has 0 amide bonds. The van der Waals surface area contributed by atoms with Crippen molar-refractivity contribution in [3.05, 3.63) is 61.5 Å². The van der Waals surface area contributed by atoms with Gasteiger partial charge in [0.15, 0.2) is 0 Å².